The zero-order valence-electron chi connectivity index (χ0n) is 15.8. The molecule has 6 heteroatoms. The minimum absolute atomic E-state index is 0.0155. The van der Waals surface area contributed by atoms with Gasteiger partial charge >= 0.3 is 0 Å². The number of fused-ring (bicyclic) bond motifs is 1. The Hall–Kier alpha value is -2.63. The van der Waals surface area contributed by atoms with Gasteiger partial charge in [0.15, 0.2) is 0 Å². The van der Waals surface area contributed by atoms with E-state index in [0.717, 1.165) is 52.3 Å². The number of imidazole rings is 1. The number of piperidine rings is 1. The third kappa shape index (κ3) is 2.66. The molecule has 1 atom stereocenters. The Morgan fingerprint density at radius 2 is 2.04 bits per heavy atom. The van der Waals surface area contributed by atoms with Crippen molar-refractivity contribution in [3.05, 3.63) is 35.5 Å². The van der Waals surface area contributed by atoms with E-state index in [9.17, 15) is 4.79 Å². The van der Waals surface area contributed by atoms with Crippen LogP contribution in [0.15, 0.2) is 22.7 Å². The van der Waals surface area contributed by atoms with E-state index < -0.39 is 0 Å². The molecule has 140 valence electrons. The second kappa shape index (κ2) is 6.22. The maximum absolute atomic E-state index is 11.9. The lowest BCUT2D eigenvalue weighted by Gasteiger charge is -2.32. The summed E-state index contributed by atoms with van der Waals surface area (Å²) in [7, 11) is 0. The SMILES string of the molecule is Cc1noc(C)c1-c1ccc2c(c1)nc([C@@H]1CCCC(=O)N1)n2C1CCC1. The number of nitrogens with one attached hydrogen (secondary N) is 1. The number of hydrogen-bond donors (Lipinski definition) is 1. The maximum Gasteiger partial charge on any atom is 0.220 e. The minimum Gasteiger partial charge on any atom is -0.361 e. The van der Waals surface area contributed by atoms with Gasteiger partial charge in [0.2, 0.25) is 5.91 Å². The van der Waals surface area contributed by atoms with Crippen LogP contribution in [0.3, 0.4) is 0 Å². The van der Waals surface area contributed by atoms with E-state index in [0.29, 0.717) is 12.5 Å². The van der Waals surface area contributed by atoms with Gasteiger partial charge in [-0.2, -0.15) is 0 Å². The fourth-order valence-corrected chi connectivity index (χ4v) is 4.44. The molecule has 2 fully saturated rings. The predicted octanol–water partition coefficient (Wildman–Crippen LogP) is 4.37. The lowest BCUT2D eigenvalue weighted by atomic mass is 9.92. The molecular formula is C21H24N4O2. The number of aryl methyl sites for hydroxylation is 2. The monoisotopic (exact) mass is 364 g/mol. The van der Waals surface area contributed by atoms with E-state index in [-0.39, 0.29) is 11.9 Å². The van der Waals surface area contributed by atoms with Crippen LogP contribution in [0.5, 0.6) is 0 Å². The molecule has 1 saturated carbocycles. The molecule has 0 bridgehead atoms. The van der Waals surface area contributed by atoms with Gasteiger partial charge in [-0.05, 0) is 63.6 Å². The van der Waals surface area contributed by atoms with Gasteiger partial charge in [0.05, 0.1) is 22.8 Å². The van der Waals surface area contributed by atoms with Crippen LogP contribution in [-0.4, -0.2) is 20.6 Å². The molecule has 0 radical (unpaired) electrons. The van der Waals surface area contributed by atoms with Crippen molar-refractivity contribution in [1.29, 1.82) is 0 Å². The Morgan fingerprint density at radius 1 is 1.19 bits per heavy atom. The number of rotatable bonds is 3. The van der Waals surface area contributed by atoms with Crippen LogP contribution in [0, 0.1) is 13.8 Å². The first-order valence-corrected chi connectivity index (χ1v) is 9.86. The zero-order chi connectivity index (χ0) is 18.5. The van der Waals surface area contributed by atoms with E-state index in [1.54, 1.807) is 0 Å². The Labute approximate surface area is 157 Å². The molecule has 2 aromatic heterocycles. The average molecular weight is 364 g/mol. The van der Waals surface area contributed by atoms with Crippen molar-refractivity contribution in [2.45, 2.75) is 64.5 Å². The molecule has 3 heterocycles. The van der Waals surface area contributed by atoms with Gasteiger partial charge in [-0.15, -0.1) is 0 Å². The molecule has 1 amide bonds. The fraction of sp³-hybridized carbons (Fsp3) is 0.476. The number of carbonyl (C=O) groups is 1. The van der Waals surface area contributed by atoms with Crippen molar-refractivity contribution in [3.8, 4) is 11.1 Å². The Balaban J connectivity index is 1.64. The molecular weight excluding hydrogens is 340 g/mol. The second-order valence-electron chi connectivity index (χ2n) is 7.84. The van der Waals surface area contributed by atoms with Gasteiger partial charge in [0.1, 0.15) is 11.6 Å². The molecule has 27 heavy (non-hydrogen) atoms. The Morgan fingerprint density at radius 3 is 2.70 bits per heavy atom. The highest BCUT2D eigenvalue weighted by molar-refractivity contribution is 5.84. The summed E-state index contributed by atoms with van der Waals surface area (Å²) in [5, 5.41) is 7.23. The summed E-state index contributed by atoms with van der Waals surface area (Å²) < 4.78 is 7.72. The van der Waals surface area contributed by atoms with Crippen LogP contribution in [0.1, 0.15) is 67.9 Å². The van der Waals surface area contributed by atoms with Crippen molar-refractivity contribution in [1.82, 2.24) is 20.0 Å². The highest BCUT2D eigenvalue weighted by Gasteiger charge is 2.30. The number of aromatic nitrogens is 3. The maximum atomic E-state index is 11.9. The summed E-state index contributed by atoms with van der Waals surface area (Å²) >= 11 is 0. The molecule has 2 aliphatic rings. The number of carbonyl (C=O) groups excluding carboxylic acids is 1. The molecule has 3 aromatic rings. The molecule has 1 saturated heterocycles. The first-order chi connectivity index (χ1) is 13.1. The van der Waals surface area contributed by atoms with E-state index in [1.165, 1.54) is 19.3 Å². The molecule has 1 aliphatic carbocycles. The predicted molar refractivity (Wildman–Crippen MR) is 102 cm³/mol. The van der Waals surface area contributed by atoms with Crippen LogP contribution in [-0.2, 0) is 4.79 Å². The summed E-state index contributed by atoms with van der Waals surface area (Å²) in [5.41, 5.74) is 5.16. The van der Waals surface area contributed by atoms with Gasteiger partial charge in [-0.25, -0.2) is 4.98 Å². The number of hydrogen-bond acceptors (Lipinski definition) is 4. The lowest BCUT2D eigenvalue weighted by molar-refractivity contribution is -0.123. The summed E-state index contributed by atoms with van der Waals surface area (Å²) in [6.45, 7) is 3.90. The Bertz CT molecular complexity index is 1010. The van der Waals surface area contributed by atoms with Gasteiger partial charge in [0.25, 0.3) is 0 Å². The molecule has 1 aromatic carbocycles. The first kappa shape index (κ1) is 16.5. The Kier molecular flexibility index (Phi) is 3.81. The van der Waals surface area contributed by atoms with E-state index in [2.05, 4.69) is 33.2 Å². The summed E-state index contributed by atoms with van der Waals surface area (Å²) in [6, 6.07) is 6.94. The smallest absolute Gasteiger partial charge is 0.220 e. The molecule has 1 N–H and O–H groups in total. The highest BCUT2D eigenvalue weighted by atomic mass is 16.5. The second-order valence-corrected chi connectivity index (χ2v) is 7.84. The number of nitrogens with zero attached hydrogens (tertiary/aromatic N) is 3. The summed E-state index contributed by atoms with van der Waals surface area (Å²) in [5.74, 6) is 1.97. The van der Waals surface area contributed by atoms with Crippen LogP contribution >= 0.6 is 0 Å². The van der Waals surface area contributed by atoms with Crippen LogP contribution in [0.2, 0.25) is 0 Å². The minimum atomic E-state index is 0.0155. The van der Waals surface area contributed by atoms with Gasteiger partial charge in [-0.1, -0.05) is 11.2 Å². The molecule has 1 aliphatic heterocycles. The van der Waals surface area contributed by atoms with Crippen molar-refractivity contribution in [2.24, 2.45) is 0 Å². The van der Waals surface area contributed by atoms with E-state index in [1.807, 2.05) is 13.8 Å². The largest absolute Gasteiger partial charge is 0.361 e. The van der Waals surface area contributed by atoms with Crippen LogP contribution in [0.4, 0.5) is 0 Å². The summed E-state index contributed by atoms with van der Waals surface area (Å²) in [4.78, 5) is 16.9. The fourth-order valence-electron chi connectivity index (χ4n) is 4.44. The number of amides is 1. The normalized spacial score (nSPS) is 20.7. The quantitative estimate of drug-likeness (QED) is 0.749. The van der Waals surface area contributed by atoms with E-state index >= 15 is 0 Å². The van der Waals surface area contributed by atoms with Crippen molar-refractivity contribution >= 4 is 16.9 Å². The van der Waals surface area contributed by atoms with Crippen molar-refractivity contribution < 1.29 is 9.32 Å². The zero-order valence-corrected chi connectivity index (χ0v) is 15.8. The van der Waals surface area contributed by atoms with Crippen LogP contribution in [0.25, 0.3) is 22.2 Å². The molecule has 0 unspecified atom stereocenters. The topological polar surface area (TPSA) is 72.9 Å². The first-order valence-electron chi connectivity index (χ1n) is 9.86. The molecule has 0 spiro atoms. The highest BCUT2D eigenvalue weighted by Crippen LogP contribution is 2.39. The standard InChI is InChI=1S/C21H24N4O2/c1-12-20(13(2)27-24-12)14-9-10-18-17(11-14)23-21(25(18)15-5-3-6-15)16-7-4-8-19(26)22-16/h9-11,15-16H,3-8H2,1-2H3,(H,22,26)/t16-/m0/s1. The summed E-state index contributed by atoms with van der Waals surface area (Å²) in [6.07, 6.45) is 6.14. The third-order valence-electron chi connectivity index (χ3n) is 6.02. The average Bonchev–Trinajstić information content (AvgIpc) is 3.13. The van der Waals surface area contributed by atoms with E-state index in [4.69, 9.17) is 9.51 Å². The van der Waals surface area contributed by atoms with Gasteiger partial charge in [0, 0.05) is 18.0 Å². The lowest BCUT2D eigenvalue weighted by Crippen LogP contribution is -2.35. The van der Waals surface area contributed by atoms with Gasteiger partial charge < -0.3 is 14.4 Å². The van der Waals surface area contributed by atoms with Crippen LogP contribution < -0.4 is 5.32 Å². The molecule has 6 nitrogen and oxygen atoms in total. The third-order valence-corrected chi connectivity index (χ3v) is 6.02. The number of benzene rings is 1. The molecule has 5 rings (SSSR count). The van der Waals surface area contributed by atoms with Gasteiger partial charge in [-0.3, -0.25) is 4.79 Å². The van der Waals surface area contributed by atoms with Crippen molar-refractivity contribution in [2.75, 3.05) is 0 Å². The van der Waals surface area contributed by atoms with Crippen molar-refractivity contribution in [3.63, 3.8) is 0 Å².